The number of carbonyl (C=O) groups is 5. The Morgan fingerprint density at radius 1 is 0.817 bits per heavy atom. The third kappa shape index (κ3) is 21.2. The highest BCUT2D eigenvalue weighted by Crippen LogP contribution is 2.77. The van der Waals surface area contributed by atoms with Crippen LogP contribution in [0.1, 0.15) is 139 Å². The lowest BCUT2D eigenvalue weighted by atomic mass is 9.33. The van der Waals surface area contributed by atoms with Crippen LogP contribution in [0, 0.1) is 35.5 Å². The van der Waals surface area contributed by atoms with Gasteiger partial charge in [0.15, 0.2) is 12.2 Å². The predicted molar refractivity (Wildman–Crippen MR) is 419 cm³/mol. The number of aryl methyl sites for hydroxylation is 3. The number of nitrogens with one attached hydrogen (secondary N) is 4. The molecule has 0 spiro atoms. The van der Waals surface area contributed by atoms with Gasteiger partial charge in [0.25, 0.3) is 15.9 Å². The second-order valence-electron chi connectivity index (χ2n) is 33.0. The van der Waals surface area contributed by atoms with E-state index in [0.717, 1.165) is 103 Å². The van der Waals surface area contributed by atoms with E-state index in [1.54, 1.807) is 64.1 Å². The van der Waals surface area contributed by atoms with E-state index in [-0.39, 0.29) is 81.6 Å². The first-order valence-electron chi connectivity index (χ1n) is 38.7. The molecule has 5 amide bonds. The lowest BCUT2D eigenvalue weighted by molar-refractivity contribution is -0.167. The number of allylic oxidation sites excluding steroid dienone is 1. The number of rotatable bonds is 35. The number of hydrogen-bond acceptors (Lipinski definition) is 20. The first-order valence-corrected chi connectivity index (χ1v) is 41.2. The highest BCUT2D eigenvalue weighted by Gasteiger charge is 2.67. The number of sulfonamides is 1. The van der Waals surface area contributed by atoms with Crippen molar-refractivity contribution in [2.24, 2.45) is 21.7 Å². The van der Waals surface area contributed by atoms with Gasteiger partial charge in [0.1, 0.15) is 24.4 Å². The largest absolute Gasteiger partial charge is 0.443 e. The van der Waals surface area contributed by atoms with E-state index >= 15 is 0 Å². The molecule has 4 aliphatic carbocycles. The van der Waals surface area contributed by atoms with Gasteiger partial charge in [-0.25, -0.2) is 18.1 Å². The Balaban J connectivity index is 0.511. The Morgan fingerprint density at radius 2 is 1.52 bits per heavy atom. The average Bonchev–Trinajstić information content (AvgIpc) is 1.17. The van der Waals surface area contributed by atoms with Crippen molar-refractivity contribution in [1.82, 2.24) is 54.9 Å². The van der Waals surface area contributed by atoms with Crippen LogP contribution in [0.3, 0.4) is 0 Å². The number of thioether (sulfide) groups is 1. The molecule has 0 radical (unpaired) electrons. The number of oxazole rings is 1. The SMILES string of the molecule is Cc1cc(S(=O)(=O)NC(=O)c2ccc(N3CCN(CC4=C(C56CC(C)(C5)C6)CC(C)(C)CC4)CC3)cc2)ccc1N[C@H](CCN1CCN(C(=O)CCCn2cc(COCCOCCOCC(=O)N[C@H](C(=O)N3C[C@H](O)C[C@H]3C(=O)NCc3ccc(-c4ocnc4C)cc3)C(C)(C)C)nn2)CC1)CSc1ccccc1. The zero-order valence-corrected chi connectivity index (χ0v) is 66.3. The van der Waals surface area contributed by atoms with Gasteiger partial charge in [-0.1, -0.05) is 100 Å². The van der Waals surface area contributed by atoms with Crippen LogP contribution < -0.4 is 25.6 Å². The zero-order chi connectivity index (χ0) is 77.1. The smallest absolute Gasteiger partial charge is 0.264 e. The van der Waals surface area contributed by atoms with Gasteiger partial charge in [0.05, 0.1) is 55.9 Å². The van der Waals surface area contributed by atoms with E-state index in [4.69, 9.17) is 18.6 Å². The van der Waals surface area contributed by atoms with Crippen molar-refractivity contribution < 1.29 is 56.1 Å². The second kappa shape index (κ2) is 35.6. The third-order valence-electron chi connectivity index (χ3n) is 22.5. The molecule has 0 unspecified atom stereocenters. The molecule has 2 bridgehead atoms. The van der Waals surface area contributed by atoms with Crippen LogP contribution >= 0.6 is 11.8 Å². The molecule has 6 aromatic rings. The summed E-state index contributed by atoms with van der Waals surface area (Å²) in [6.45, 7) is 26.4. The summed E-state index contributed by atoms with van der Waals surface area (Å²) < 4.78 is 54.1. The summed E-state index contributed by atoms with van der Waals surface area (Å²) in [5.41, 5.74) is 10.2. The van der Waals surface area contributed by atoms with Crippen molar-refractivity contribution in [3.8, 4) is 11.3 Å². The van der Waals surface area contributed by atoms with Crippen molar-refractivity contribution in [3.05, 3.63) is 149 Å². The molecule has 3 saturated heterocycles. The number of carbonyl (C=O) groups excluding carboxylic acids is 5. The van der Waals surface area contributed by atoms with Gasteiger partial charge in [-0.3, -0.25) is 38.5 Å². The van der Waals surface area contributed by atoms with E-state index in [1.807, 2.05) is 94.1 Å². The lowest BCUT2D eigenvalue weighted by Crippen LogP contribution is -2.61. The fraction of sp³-hybridized carbons (Fsp3) is 0.561. The molecular weight excluding hydrogens is 1420 g/mol. The molecule has 2 aromatic heterocycles. The number of piperazine rings is 2. The molecule has 5 heterocycles. The van der Waals surface area contributed by atoms with Gasteiger partial charge in [-0.05, 0) is 153 Å². The second-order valence-corrected chi connectivity index (χ2v) is 35.8. The van der Waals surface area contributed by atoms with Crippen LogP contribution in [0.25, 0.3) is 11.3 Å². The number of aliphatic hydroxyl groups is 1. The lowest BCUT2D eigenvalue weighted by Gasteiger charge is -2.72. The summed E-state index contributed by atoms with van der Waals surface area (Å²) in [5, 5.41) is 28.5. The fourth-order valence-corrected chi connectivity index (χ4v) is 18.6. The Bertz CT molecular complexity index is 4240. The summed E-state index contributed by atoms with van der Waals surface area (Å²) in [6.07, 6.45) is 12.0. The first-order chi connectivity index (χ1) is 52.2. The standard InChI is InChI=1S/C82H111N13O12S2/c1-57-43-68(109(102,103)88-76(99)61-20-22-65(23-21-61)92-35-33-91(34-36-92)47-62-26-28-80(6,7)45-69(62)82-53-81(8,54-82)55-82)24-25-70(57)85-63(52-108-67-13-10-9-11-14-67)27-30-90-31-37-93(38-32-90)73(98)15-12-29-94-48-64(87-89-94)50-105-41-39-104-40-42-106-51-72(97)86-75(79(3,4)5)78(101)95-49-66(96)44-71(95)77(100)83-46-59-16-18-60(19-17-59)74-58(2)84-56-107-74/h9-11,13-14,16-25,43,48,56,63,66,71,75,85,96H,12,15,26-42,44-47,49-55H2,1-8H3,(H,83,100)(H,86,97)(H,88,99)/t63-,66-,71+,75-,81?,82?/m1/s1. The van der Waals surface area contributed by atoms with Crippen LogP contribution in [0.5, 0.6) is 0 Å². The molecule has 27 heteroatoms. The summed E-state index contributed by atoms with van der Waals surface area (Å²) in [6, 6.07) is 28.1. The number of likely N-dealkylation sites (tertiary alicyclic amines) is 1. The highest BCUT2D eigenvalue weighted by atomic mass is 32.2. The normalized spacial score (nSPS) is 21.5. The van der Waals surface area contributed by atoms with Crippen molar-refractivity contribution in [2.75, 3.05) is 121 Å². The van der Waals surface area contributed by atoms with Crippen LogP contribution in [-0.4, -0.2) is 218 Å². The third-order valence-corrected chi connectivity index (χ3v) is 25.0. The molecule has 4 aromatic carbocycles. The number of benzene rings is 4. The minimum Gasteiger partial charge on any atom is -0.443 e. The maximum absolute atomic E-state index is 14.1. The number of ether oxygens (including phenoxy) is 3. The average molecular weight is 1540 g/mol. The van der Waals surface area contributed by atoms with Gasteiger partial charge in [-0.15, -0.1) is 16.9 Å². The van der Waals surface area contributed by atoms with E-state index in [2.05, 4.69) is 83.6 Å². The maximum atomic E-state index is 14.1. The molecule has 6 fully saturated rings. The Hall–Kier alpha value is -8.02. The predicted octanol–water partition coefficient (Wildman–Crippen LogP) is 9.43. The van der Waals surface area contributed by atoms with Gasteiger partial charge in [0, 0.05) is 137 Å². The van der Waals surface area contributed by atoms with Crippen LogP contribution in [0.4, 0.5) is 11.4 Å². The molecule has 7 aliphatic rings. The van der Waals surface area contributed by atoms with E-state index in [9.17, 15) is 37.5 Å². The minimum absolute atomic E-state index is 0.0148. The Kier molecular flexibility index (Phi) is 26.3. The number of amides is 5. The monoisotopic (exact) mass is 1530 g/mol. The molecule has 588 valence electrons. The Morgan fingerprint density at radius 3 is 2.21 bits per heavy atom. The summed E-state index contributed by atoms with van der Waals surface area (Å²) in [4.78, 5) is 83.6. The van der Waals surface area contributed by atoms with Gasteiger partial charge in [0.2, 0.25) is 23.6 Å². The molecule has 109 heavy (non-hydrogen) atoms. The van der Waals surface area contributed by atoms with Gasteiger partial charge >= 0.3 is 0 Å². The number of aliphatic hydroxyl groups excluding tert-OH is 1. The number of β-amino-alcohol motifs (C(OH)–C–C–N with tert-alkyl or cyclic N) is 1. The Labute approximate surface area is 646 Å². The molecule has 3 saturated carbocycles. The number of aromatic nitrogens is 4. The number of hydrogen-bond donors (Lipinski definition) is 5. The molecule has 25 nitrogen and oxygen atoms in total. The van der Waals surface area contributed by atoms with E-state index in [1.165, 1.54) is 49.8 Å². The maximum Gasteiger partial charge on any atom is 0.264 e. The van der Waals surface area contributed by atoms with Gasteiger partial charge < -0.3 is 54.4 Å². The molecule has 13 rings (SSSR count). The highest BCUT2D eigenvalue weighted by molar-refractivity contribution is 7.99. The summed E-state index contributed by atoms with van der Waals surface area (Å²) in [7, 11) is -4.19. The molecule has 5 N–H and O–H groups in total. The fourth-order valence-electron chi connectivity index (χ4n) is 16.6. The molecule has 4 atom stereocenters. The quantitative estimate of drug-likeness (QED) is 0.0141. The van der Waals surface area contributed by atoms with Crippen molar-refractivity contribution >= 4 is 62.7 Å². The summed E-state index contributed by atoms with van der Waals surface area (Å²) in [5.74, 6) is -0.515. The van der Waals surface area contributed by atoms with E-state index < -0.39 is 57.3 Å². The van der Waals surface area contributed by atoms with Crippen molar-refractivity contribution in [1.29, 1.82) is 0 Å². The number of anilines is 2. The van der Waals surface area contributed by atoms with Crippen LogP contribution in [-0.2, 0) is 63.1 Å². The van der Waals surface area contributed by atoms with Crippen LogP contribution in [0.2, 0.25) is 0 Å². The topological polar surface area (TPSA) is 288 Å². The van der Waals surface area contributed by atoms with E-state index in [0.29, 0.717) is 60.2 Å². The molecular formula is C82H111N13O12S2. The van der Waals surface area contributed by atoms with Gasteiger partial charge in [-0.2, -0.15) is 0 Å². The van der Waals surface area contributed by atoms with Crippen molar-refractivity contribution in [2.45, 2.75) is 173 Å². The first kappa shape index (κ1) is 80.5. The summed E-state index contributed by atoms with van der Waals surface area (Å²) >= 11 is 1.76. The van der Waals surface area contributed by atoms with Crippen LogP contribution in [0.15, 0.2) is 135 Å². The zero-order valence-electron chi connectivity index (χ0n) is 64.7. The molecule has 3 aliphatic heterocycles. The van der Waals surface area contributed by atoms with Crippen molar-refractivity contribution in [3.63, 3.8) is 0 Å². The number of nitrogens with zero attached hydrogens (tertiary/aromatic N) is 9. The minimum atomic E-state index is -4.19.